The number of nitrogens with one attached hydrogen (secondary N) is 1. The van der Waals surface area contributed by atoms with Gasteiger partial charge in [-0.25, -0.2) is 17.9 Å². The third-order valence-corrected chi connectivity index (χ3v) is 6.79. The van der Waals surface area contributed by atoms with Crippen LogP contribution in [0.15, 0.2) is 55.9 Å². The van der Waals surface area contributed by atoms with Crippen LogP contribution in [0.25, 0.3) is 21.7 Å². The first-order valence-corrected chi connectivity index (χ1v) is 10.9. The fraction of sp³-hybridized carbons (Fsp3) is 0.222. The van der Waals surface area contributed by atoms with Gasteiger partial charge in [-0.15, -0.1) is 11.3 Å². The summed E-state index contributed by atoms with van der Waals surface area (Å²) in [7, 11) is -2.19. The molecule has 0 radical (unpaired) electrons. The number of benzene rings is 1. The summed E-state index contributed by atoms with van der Waals surface area (Å²) in [5.74, 6) is -0.534. The molecular weight excluding hydrogens is 400 g/mol. The second-order valence-electron chi connectivity index (χ2n) is 6.33. The van der Waals surface area contributed by atoms with E-state index in [1.165, 1.54) is 29.8 Å². The Balaban J connectivity index is 1.49. The molecule has 1 N–H and O–H groups in total. The van der Waals surface area contributed by atoms with Crippen LogP contribution in [-0.2, 0) is 23.6 Å². The van der Waals surface area contributed by atoms with E-state index in [1.54, 1.807) is 16.0 Å². The number of sulfonamides is 1. The lowest BCUT2D eigenvalue weighted by Gasteiger charge is -2.08. The molecule has 0 saturated carbocycles. The molecule has 0 aliphatic heterocycles. The number of thiophene rings is 1. The van der Waals surface area contributed by atoms with E-state index in [1.807, 2.05) is 30.5 Å². The van der Waals surface area contributed by atoms with E-state index in [-0.39, 0.29) is 11.4 Å². The van der Waals surface area contributed by atoms with Gasteiger partial charge in [0.2, 0.25) is 10.0 Å². The van der Waals surface area contributed by atoms with Crippen LogP contribution in [0.3, 0.4) is 0 Å². The average molecular weight is 419 g/mol. The van der Waals surface area contributed by atoms with Crippen molar-refractivity contribution in [2.45, 2.75) is 18.4 Å². The molecule has 1 aromatic carbocycles. The molecule has 0 spiro atoms. The molecule has 10 heteroatoms. The van der Waals surface area contributed by atoms with E-state index in [2.05, 4.69) is 9.82 Å². The highest BCUT2D eigenvalue weighted by Gasteiger charge is 2.17. The van der Waals surface area contributed by atoms with Gasteiger partial charge in [0.05, 0.1) is 21.8 Å². The monoisotopic (exact) mass is 418 g/mol. The number of nitrogens with zero attached hydrogens (tertiary/aromatic N) is 3. The summed E-state index contributed by atoms with van der Waals surface area (Å²) in [4.78, 5) is 12.7. The number of hydrogen-bond acceptors (Lipinski definition) is 6. The first-order chi connectivity index (χ1) is 13.3. The smallest absolute Gasteiger partial charge is 0.408 e. The Hall–Kier alpha value is -2.69. The summed E-state index contributed by atoms with van der Waals surface area (Å²) >= 11 is 1.61. The molecule has 0 fully saturated rings. The van der Waals surface area contributed by atoms with E-state index < -0.39 is 15.8 Å². The van der Waals surface area contributed by atoms with E-state index >= 15 is 0 Å². The van der Waals surface area contributed by atoms with E-state index in [9.17, 15) is 13.2 Å². The summed E-state index contributed by atoms with van der Waals surface area (Å²) in [6.45, 7) is 2.53. The van der Waals surface area contributed by atoms with Crippen LogP contribution < -0.4 is 10.5 Å². The molecule has 0 unspecified atom stereocenters. The third kappa shape index (κ3) is 3.41. The summed E-state index contributed by atoms with van der Waals surface area (Å²) in [5.41, 5.74) is 2.61. The Morgan fingerprint density at radius 2 is 2.07 bits per heavy atom. The number of fused-ring (bicyclic) bond motifs is 1. The van der Waals surface area contributed by atoms with Crippen molar-refractivity contribution in [3.63, 3.8) is 0 Å². The maximum Gasteiger partial charge on any atom is 0.419 e. The zero-order chi connectivity index (χ0) is 19.9. The van der Waals surface area contributed by atoms with E-state index in [0.29, 0.717) is 17.6 Å². The molecule has 4 rings (SSSR count). The van der Waals surface area contributed by atoms with Gasteiger partial charge in [0.25, 0.3) is 0 Å². The molecule has 8 nitrogen and oxygen atoms in total. The molecule has 3 heterocycles. The zero-order valence-corrected chi connectivity index (χ0v) is 16.9. The van der Waals surface area contributed by atoms with Crippen molar-refractivity contribution in [1.82, 2.24) is 19.1 Å². The molecule has 4 aromatic rings. The number of hydrogen-bond donors (Lipinski definition) is 1. The van der Waals surface area contributed by atoms with Crippen molar-refractivity contribution in [1.29, 1.82) is 0 Å². The maximum atomic E-state index is 12.6. The highest BCUT2D eigenvalue weighted by atomic mass is 32.2. The van der Waals surface area contributed by atoms with E-state index in [4.69, 9.17) is 4.42 Å². The van der Waals surface area contributed by atoms with Crippen LogP contribution in [0.2, 0.25) is 0 Å². The van der Waals surface area contributed by atoms with Gasteiger partial charge in [-0.05, 0) is 42.6 Å². The first kappa shape index (κ1) is 18.7. The standard InChI is InChI=1S/C18H18N4O4S2/c1-12-10-14(17-4-3-9-27-17)20-22(12)8-7-19-28(24,25)13-5-6-16-15(11-13)21(2)18(23)26-16/h3-6,9-11,19H,7-8H2,1-2H3. The predicted octanol–water partition coefficient (Wildman–Crippen LogP) is 2.34. The van der Waals surface area contributed by atoms with Gasteiger partial charge in [-0.1, -0.05) is 6.07 Å². The Labute approximate surface area is 165 Å². The summed E-state index contributed by atoms with van der Waals surface area (Å²) < 4.78 is 35.9. The van der Waals surface area contributed by atoms with Gasteiger partial charge in [0, 0.05) is 19.3 Å². The van der Waals surface area contributed by atoms with Crippen LogP contribution >= 0.6 is 11.3 Å². The molecule has 0 aliphatic carbocycles. The Morgan fingerprint density at radius 3 is 2.82 bits per heavy atom. The lowest BCUT2D eigenvalue weighted by atomic mass is 10.3. The Bertz CT molecular complexity index is 1300. The second kappa shape index (κ2) is 7.04. The van der Waals surface area contributed by atoms with Gasteiger partial charge in [-0.3, -0.25) is 9.25 Å². The highest BCUT2D eigenvalue weighted by Crippen LogP contribution is 2.24. The number of aromatic nitrogens is 3. The average Bonchev–Trinajstić information content (AvgIpc) is 3.36. The van der Waals surface area contributed by atoms with Gasteiger partial charge in [0.15, 0.2) is 5.58 Å². The molecule has 3 aromatic heterocycles. The first-order valence-electron chi connectivity index (χ1n) is 8.53. The molecule has 146 valence electrons. The van der Waals surface area contributed by atoms with E-state index in [0.717, 1.165) is 16.3 Å². The van der Waals surface area contributed by atoms with Crippen LogP contribution in [0.4, 0.5) is 0 Å². The minimum atomic E-state index is -3.72. The third-order valence-electron chi connectivity index (χ3n) is 4.44. The molecular formula is C18H18N4O4S2. The molecule has 0 amide bonds. The van der Waals surface area contributed by atoms with Crippen molar-refractivity contribution in [3.05, 3.63) is 58.0 Å². The quantitative estimate of drug-likeness (QED) is 0.518. The number of oxazole rings is 1. The van der Waals surface area contributed by atoms with Crippen molar-refractivity contribution in [2.75, 3.05) is 6.54 Å². The van der Waals surface area contributed by atoms with Gasteiger partial charge in [0.1, 0.15) is 5.69 Å². The van der Waals surface area contributed by atoms with Gasteiger partial charge < -0.3 is 4.42 Å². The normalized spacial score (nSPS) is 12.1. The summed E-state index contributed by atoms with van der Waals surface area (Å²) in [6, 6.07) is 10.3. The van der Waals surface area contributed by atoms with Gasteiger partial charge in [-0.2, -0.15) is 5.10 Å². The lowest BCUT2D eigenvalue weighted by Crippen LogP contribution is -2.28. The second-order valence-corrected chi connectivity index (χ2v) is 9.04. The van der Waals surface area contributed by atoms with Crippen molar-refractivity contribution in [3.8, 4) is 10.6 Å². The van der Waals surface area contributed by atoms with Gasteiger partial charge >= 0.3 is 5.76 Å². The van der Waals surface area contributed by atoms with Crippen LogP contribution in [-0.4, -0.2) is 29.3 Å². The Morgan fingerprint density at radius 1 is 1.25 bits per heavy atom. The maximum absolute atomic E-state index is 12.6. The summed E-state index contributed by atoms with van der Waals surface area (Å²) in [6.07, 6.45) is 0. The topological polar surface area (TPSA) is 99.1 Å². The molecule has 0 aliphatic rings. The molecule has 0 saturated heterocycles. The minimum Gasteiger partial charge on any atom is -0.408 e. The number of aryl methyl sites for hydroxylation is 2. The SMILES string of the molecule is Cc1cc(-c2cccs2)nn1CCNS(=O)(=O)c1ccc2oc(=O)n(C)c2c1. The fourth-order valence-corrected chi connectivity index (χ4v) is 4.65. The zero-order valence-electron chi connectivity index (χ0n) is 15.2. The van der Waals surface area contributed by atoms with Crippen LogP contribution in [0, 0.1) is 6.92 Å². The fourth-order valence-electron chi connectivity index (χ4n) is 2.92. The van der Waals surface area contributed by atoms with Crippen molar-refractivity contribution >= 4 is 32.5 Å². The predicted molar refractivity (Wildman–Crippen MR) is 107 cm³/mol. The summed E-state index contributed by atoms with van der Waals surface area (Å²) in [5, 5.41) is 6.53. The Kier molecular flexibility index (Phi) is 4.69. The van der Waals surface area contributed by atoms with Crippen LogP contribution in [0.1, 0.15) is 5.69 Å². The molecule has 0 bridgehead atoms. The molecule has 28 heavy (non-hydrogen) atoms. The van der Waals surface area contributed by atoms with Crippen molar-refractivity contribution < 1.29 is 12.8 Å². The molecule has 0 atom stereocenters. The number of rotatable bonds is 6. The largest absolute Gasteiger partial charge is 0.419 e. The van der Waals surface area contributed by atoms with Crippen LogP contribution in [0.5, 0.6) is 0 Å². The minimum absolute atomic E-state index is 0.0767. The lowest BCUT2D eigenvalue weighted by molar-refractivity contribution is 0.528. The van der Waals surface area contributed by atoms with Crippen molar-refractivity contribution in [2.24, 2.45) is 7.05 Å². The highest BCUT2D eigenvalue weighted by molar-refractivity contribution is 7.89.